The Morgan fingerprint density at radius 3 is 1.37 bits per heavy atom. The van der Waals surface area contributed by atoms with Crippen LogP contribution >= 0.6 is 0 Å². The van der Waals surface area contributed by atoms with Crippen molar-refractivity contribution < 1.29 is 58.2 Å². The number of carbonyl (C=O) groups excluding carboxylic acids is 3. The van der Waals surface area contributed by atoms with Gasteiger partial charge in [0, 0.05) is 19.3 Å². The van der Waals surface area contributed by atoms with Gasteiger partial charge in [-0.15, -0.1) is 0 Å². The minimum atomic E-state index is -1.90. The predicted octanol–water partition coefficient (Wildman–Crippen LogP) is 12.3. The first-order valence-corrected chi connectivity index (χ1v) is 26.3. The van der Waals surface area contributed by atoms with Gasteiger partial charge in [0.25, 0.3) is 0 Å². The summed E-state index contributed by atoms with van der Waals surface area (Å²) in [6.07, 6.45) is 33.1. The standard InChI is InChI=1S/C53H94O12/c1-4-7-10-13-16-19-22-23-26-27-30-33-36-39-45(54)61-42-44(63-46(55)40-37-34-31-28-24-20-17-14-11-8-5-2)43-62-53-51(49(58)48(57)50(65-53)52(59)60)64-47(56)41-38-35-32-29-25-21-18-15-12-9-6-3/h15,18-19,22,44,48-51,53,57-58H,4-14,16-17,20-21,23-43H2,1-3H3,(H,59,60)/b18-15-,22-19-. The van der Waals surface area contributed by atoms with Gasteiger partial charge in [0.1, 0.15) is 18.8 Å². The molecule has 1 heterocycles. The van der Waals surface area contributed by atoms with E-state index in [1.807, 2.05) is 0 Å². The van der Waals surface area contributed by atoms with Crippen molar-refractivity contribution in [2.24, 2.45) is 0 Å². The van der Waals surface area contributed by atoms with Gasteiger partial charge in [-0.05, 0) is 64.2 Å². The number of ether oxygens (including phenoxy) is 5. The number of allylic oxidation sites excluding steroid dienone is 4. The normalized spacial score (nSPS) is 19.2. The monoisotopic (exact) mass is 923 g/mol. The van der Waals surface area contributed by atoms with Crippen LogP contribution in [0, 0.1) is 0 Å². The van der Waals surface area contributed by atoms with Crippen LogP contribution in [0.5, 0.6) is 0 Å². The summed E-state index contributed by atoms with van der Waals surface area (Å²) < 4.78 is 28.2. The number of hydrogen-bond acceptors (Lipinski definition) is 11. The lowest BCUT2D eigenvalue weighted by Crippen LogP contribution is -2.61. The number of carbonyl (C=O) groups is 4. The second kappa shape index (κ2) is 42.5. The van der Waals surface area contributed by atoms with E-state index >= 15 is 0 Å². The van der Waals surface area contributed by atoms with Gasteiger partial charge in [-0.3, -0.25) is 14.4 Å². The number of aliphatic hydroxyl groups excluding tert-OH is 2. The van der Waals surface area contributed by atoms with E-state index in [0.717, 1.165) is 96.3 Å². The fourth-order valence-electron chi connectivity index (χ4n) is 7.87. The zero-order chi connectivity index (χ0) is 47.6. The second-order valence-electron chi connectivity index (χ2n) is 18.2. The van der Waals surface area contributed by atoms with Crippen molar-refractivity contribution in [3.63, 3.8) is 0 Å². The molecule has 3 N–H and O–H groups in total. The van der Waals surface area contributed by atoms with E-state index < -0.39 is 67.3 Å². The first-order valence-electron chi connectivity index (χ1n) is 26.3. The minimum absolute atomic E-state index is 0.0527. The molecule has 378 valence electrons. The van der Waals surface area contributed by atoms with E-state index in [-0.39, 0.29) is 25.9 Å². The molecular weight excluding hydrogens is 829 g/mol. The van der Waals surface area contributed by atoms with Crippen LogP contribution in [0.2, 0.25) is 0 Å². The van der Waals surface area contributed by atoms with Gasteiger partial charge < -0.3 is 39.0 Å². The number of rotatable bonds is 44. The molecule has 12 nitrogen and oxygen atoms in total. The number of hydrogen-bond donors (Lipinski definition) is 3. The Morgan fingerprint density at radius 1 is 0.492 bits per heavy atom. The van der Waals surface area contributed by atoms with Crippen LogP contribution in [0.3, 0.4) is 0 Å². The highest BCUT2D eigenvalue weighted by molar-refractivity contribution is 5.74. The third-order valence-electron chi connectivity index (χ3n) is 12.0. The average molecular weight is 923 g/mol. The molecule has 6 unspecified atom stereocenters. The number of aliphatic hydroxyl groups is 2. The Morgan fingerprint density at radius 2 is 0.892 bits per heavy atom. The molecule has 1 aliphatic heterocycles. The van der Waals surface area contributed by atoms with Crippen LogP contribution in [0.25, 0.3) is 0 Å². The molecule has 0 aliphatic carbocycles. The van der Waals surface area contributed by atoms with E-state index in [0.29, 0.717) is 19.3 Å². The maximum atomic E-state index is 13.0. The van der Waals surface area contributed by atoms with Crippen LogP contribution in [-0.2, 0) is 42.9 Å². The summed E-state index contributed by atoms with van der Waals surface area (Å²) in [7, 11) is 0. The summed E-state index contributed by atoms with van der Waals surface area (Å²) in [6.45, 7) is 5.90. The molecule has 0 aromatic carbocycles. The lowest BCUT2D eigenvalue weighted by molar-refractivity contribution is -0.301. The molecule has 6 atom stereocenters. The van der Waals surface area contributed by atoms with Crippen LogP contribution in [-0.4, -0.2) is 89.2 Å². The molecule has 0 saturated carbocycles. The molecule has 1 aliphatic rings. The summed E-state index contributed by atoms with van der Waals surface area (Å²) in [5.74, 6) is -3.13. The molecule has 65 heavy (non-hydrogen) atoms. The Kier molecular flexibility index (Phi) is 39.4. The van der Waals surface area contributed by atoms with Crippen molar-refractivity contribution in [2.75, 3.05) is 13.2 Å². The molecule has 0 amide bonds. The minimum Gasteiger partial charge on any atom is -0.479 e. The van der Waals surface area contributed by atoms with Gasteiger partial charge in [-0.2, -0.15) is 0 Å². The number of unbranched alkanes of at least 4 members (excludes halogenated alkanes) is 26. The van der Waals surface area contributed by atoms with E-state index in [2.05, 4.69) is 45.1 Å². The van der Waals surface area contributed by atoms with E-state index in [1.165, 1.54) is 83.5 Å². The number of aliphatic carboxylic acids is 1. The summed E-state index contributed by atoms with van der Waals surface area (Å²) >= 11 is 0. The van der Waals surface area contributed by atoms with Crippen LogP contribution in [0.4, 0.5) is 0 Å². The van der Waals surface area contributed by atoms with Gasteiger partial charge in [-0.25, -0.2) is 4.79 Å². The molecule has 1 saturated heterocycles. The van der Waals surface area contributed by atoms with Crippen LogP contribution < -0.4 is 0 Å². The lowest BCUT2D eigenvalue weighted by Gasteiger charge is -2.40. The predicted molar refractivity (Wildman–Crippen MR) is 257 cm³/mol. The van der Waals surface area contributed by atoms with E-state index in [1.54, 1.807) is 0 Å². The quantitative estimate of drug-likeness (QED) is 0.0229. The highest BCUT2D eigenvalue weighted by Crippen LogP contribution is 2.26. The molecule has 0 aromatic heterocycles. The molecule has 0 bridgehead atoms. The maximum absolute atomic E-state index is 13.0. The molecule has 0 spiro atoms. The van der Waals surface area contributed by atoms with Crippen LogP contribution in [0.15, 0.2) is 24.3 Å². The van der Waals surface area contributed by atoms with E-state index in [4.69, 9.17) is 23.7 Å². The van der Waals surface area contributed by atoms with Gasteiger partial charge in [-0.1, -0.05) is 180 Å². The summed E-state index contributed by atoms with van der Waals surface area (Å²) in [6, 6.07) is 0. The zero-order valence-corrected chi connectivity index (χ0v) is 41.2. The smallest absolute Gasteiger partial charge is 0.335 e. The van der Waals surface area contributed by atoms with Gasteiger partial charge in [0.15, 0.2) is 24.6 Å². The average Bonchev–Trinajstić information content (AvgIpc) is 3.29. The highest BCUT2D eigenvalue weighted by atomic mass is 16.7. The summed E-state index contributed by atoms with van der Waals surface area (Å²) in [5, 5.41) is 31.3. The first kappa shape index (κ1) is 60.2. The Hall–Kier alpha value is -2.80. The zero-order valence-electron chi connectivity index (χ0n) is 41.2. The lowest BCUT2D eigenvalue weighted by atomic mass is 9.98. The maximum Gasteiger partial charge on any atom is 0.335 e. The summed E-state index contributed by atoms with van der Waals surface area (Å²) in [4.78, 5) is 50.7. The van der Waals surface area contributed by atoms with Gasteiger partial charge >= 0.3 is 23.9 Å². The Bertz CT molecular complexity index is 1240. The van der Waals surface area contributed by atoms with Crippen molar-refractivity contribution in [2.45, 2.75) is 276 Å². The second-order valence-corrected chi connectivity index (χ2v) is 18.2. The fourth-order valence-corrected chi connectivity index (χ4v) is 7.87. The molecule has 1 fully saturated rings. The van der Waals surface area contributed by atoms with Crippen LogP contribution in [0.1, 0.15) is 239 Å². The largest absolute Gasteiger partial charge is 0.479 e. The highest BCUT2D eigenvalue weighted by Gasteiger charge is 2.50. The Labute approximate surface area is 394 Å². The first-order chi connectivity index (χ1) is 31.6. The molecule has 0 aromatic rings. The van der Waals surface area contributed by atoms with Crippen molar-refractivity contribution in [1.82, 2.24) is 0 Å². The van der Waals surface area contributed by atoms with Gasteiger partial charge in [0.2, 0.25) is 0 Å². The van der Waals surface area contributed by atoms with Gasteiger partial charge in [0.05, 0.1) is 6.61 Å². The SMILES string of the molecule is CCCC/C=C\CCCCCCCC(=O)OC1C(OCC(COC(=O)CCCCCCC/C=C\CCCCCC)OC(=O)CCCCCCCCCCCCC)OC(C(=O)O)C(O)C1O. The molecule has 0 radical (unpaired) electrons. The third-order valence-corrected chi connectivity index (χ3v) is 12.0. The molecular formula is C53H94O12. The molecule has 12 heteroatoms. The fraction of sp³-hybridized carbons (Fsp3) is 0.849. The summed E-state index contributed by atoms with van der Waals surface area (Å²) in [5.41, 5.74) is 0. The van der Waals surface area contributed by atoms with Crippen molar-refractivity contribution in [3.8, 4) is 0 Å². The van der Waals surface area contributed by atoms with E-state index in [9.17, 15) is 34.5 Å². The third kappa shape index (κ3) is 33.3. The number of carboxylic acids is 1. The topological polar surface area (TPSA) is 175 Å². The van der Waals surface area contributed by atoms with Crippen molar-refractivity contribution >= 4 is 23.9 Å². The Balaban J connectivity index is 2.74. The van der Waals surface area contributed by atoms with Crippen molar-refractivity contribution in [1.29, 1.82) is 0 Å². The number of esters is 3. The van der Waals surface area contributed by atoms with Crippen molar-refractivity contribution in [3.05, 3.63) is 24.3 Å². The number of carboxylic acid groups (broad SMARTS) is 1. The molecule has 1 rings (SSSR count).